The lowest BCUT2D eigenvalue weighted by molar-refractivity contribution is -0.160. The van der Waals surface area contributed by atoms with Crippen molar-refractivity contribution in [2.75, 3.05) is 13.2 Å². The summed E-state index contributed by atoms with van der Waals surface area (Å²) in [7, 11) is 0. The van der Waals surface area contributed by atoms with Gasteiger partial charge >= 0.3 is 36.0 Å². The minimum atomic E-state index is -1.29. The number of hydrogen-bond acceptors (Lipinski definition) is 13. The monoisotopic (exact) mass is 622 g/mol. The van der Waals surface area contributed by atoms with Gasteiger partial charge in [0.05, 0.1) is 12.8 Å². The Hall–Kier alpha value is -5.72. The van der Waals surface area contributed by atoms with Crippen molar-refractivity contribution in [3.63, 3.8) is 0 Å². The summed E-state index contributed by atoms with van der Waals surface area (Å²) in [6.07, 6.45) is -3.13. The summed E-state index contributed by atoms with van der Waals surface area (Å²) in [5.41, 5.74) is 0.720. The highest BCUT2D eigenvalue weighted by Crippen LogP contribution is 2.27. The third-order valence-corrected chi connectivity index (χ3v) is 5.53. The molecule has 0 fully saturated rings. The molecule has 13 nitrogen and oxygen atoms in total. The molecule has 0 saturated heterocycles. The Morgan fingerprint density at radius 1 is 0.511 bits per heavy atom. The molecule has 236 valence electrons. The predicted molar refractivity (Wildman–Crippen MR) is 153 cm³/mol. The van der Waals surface area contributed by atoms with Gasteiger partial charge < -0.3 is 33.2 Å². The van der Waals surface area contributed by atoms with Crippen molar-refractivity contribution in [2.45, 2.75) is 39.7 Å². The lowest BCUT2D eigenvalue weighted by Crippen LogP contribution is -2.32. The summed E-state index contributed by atoms with van der Waals surface area (Å²) in [5.74, 6) is -3.17. The first-order valence-electron chi connectivity index (χ1n) is 13.5. The van der Waals surface area contributed by atoms with Crippen LogP contribution in [0.3, 0.4) is 0 Å². The zero-order valence-electron chi connectivity index (χ0n) is 24.6. The summed E-state index contributed by atoms with van der Waals surface area (Å²) in [5, 5.41) is 0. The van der Waals surface area contributed by atoms with Crippen LogP contribution in [0.25, 0.3) is 0 Å². The maximum atomic E-state index is 12.9. The highest BCUT2D eigenvalue weighted by Gasteiger charge is 2.23. The molecule has 0 N–H and O–H groups in total. The molecule has 45 heavy (non-hydrogen) atoms. The largest absolute Gasteiger partial charge is 0.514 e. The number of carbonyl (C=O) groups excluding carboxylic acids is 6. The number of ether oxygens (including phenoxy) is 7. The number of para-hydroxylation sites is 4. The Bertz CT molecular complexity index is 1470. The van der Waals surface area contributed by atoms with Crippen molar-refractivity contribution in [1.82, 2.24) is 0 Å². The molecule has 3 aromatic rings. The third kappa shape index (κ3) is 11.8. The van der Waals surface area contributed by atoms with E-state index in [9.17, 15) is 28.8 Å². The minimum Gasteiger partial charge on any atom is -0.461 e. The molecular weight excluding hydrogens is 592 g/mol. The van der Waals surface area contributed by atoms with Crippen molar-refractivity contribution in [1.29, 1.82) is 0 Å². The zero-order valence-corrected chi connectivity index (χ0v) is 24.6. The number of benzene rings is 3. The van der Waals surface area contributed by atoms with Crippen LogP contribution in [0.5, 0.6) is 23.0 Å². The molecule has 0 aromatic heterocycles. The second-order valence-corrected chi connectivity index (χ2v) is 9.25. The zero-order chi connectivity index (χ0) is 32.8. The van der Waals surface area contributed by atoms with Gasteiger partial charge in [-0.3, -0.25) is 24.0 Å². The van der Waals surface area contributed by atoms with Gasteiger partial charge in [0.15, 0.2) is 17.6 Å². The molecule has 1 unspecified atom stereocenters. The van der Waals surface area contributed by atoms with Crippen molar-refractivity contribution >= 4 is 36.0 Å². The lowest BCUT2D eigenvalue weighted by atomic mass is 10.1. The van der Waals surface area contributed by atoms with Crippen molar-refractivity contribution < 1.29 is 61.9 Å². The van der Waals surface area contributed by atoms with Crippen LogP contribution in [-0.2, 0) is 51.0 Å². The molecule has 0 bridgehead atoms. The van der Waals surface area contributed by atoms with Crippen LogP contribution in [0, 0.1) is 0 Å². The van der Waals surface area contributed by atoms with Gasteiger partial charge in [-0.15, -0.1) is 0 Å². The van der Waals surface area contributed by atoms with E-state index in [1.165, 1.54) is 51.1 Å². The van der Waals surface area contributed by atoms with Crippen molar-refractivity contribution in [3.8, 4) is 23.0 Å². The normalized spacial score (nSPS) is 10.9. The minimum absolute atomic E-state index is 0.0284. The van der Waals surface area contributed by atoms with E-state index in [2.05, 4.69) is 0 Å². The van der Waals surface area contributed by atoms with Gasteiger partial charge in [-0.1, -0.05) is 48.5 Å². The molecule has 0 aliphatic carbocycles. The maximum absolute atomic E-state index is 12.9. The van der Waals surface area contributed by atoms with Crippen LogP contribution in [-0.4, -0.2) is 55.3 Å². The lowest BCUT2D eigenvalue weighted by Gasteiger charge is -2.19. The van der Waals surface area contributed by atoms with Crippen LogP contribution in [0.2, 0.25) is 0 Å². The van der Waals surface area contributed by atoms with Crippen LogP contribution >= 0.6 is 0 Å². The van der Waals surface area contributed by atoms with E-state index < -0.39 is 55.3 Å². The van der Waals surface area contributed by atoms with Gasteiger partial charge in [0.1, 0.15) is 24.7 Å². The number of esters is 5. The predicted octanol–water partition coefficient (Wildman–Crippen LogP) is 3.92. The van der Waals surface area contributed by atoms with Crippen LogP contribution in [0.1, 0.15) is 31.9 Å². The first kappa shape index (κ1) is 33.8. The van der Waals surface area contributed by atoms with Crippen molar-refractivity contribution in [3.05, 3.63) is 83.9 Å². The summed E-state index contributed by atoms with van der Waals surface area (Å²) < 4.78 is 36.2. The molecular formula is C32H30O13. The fraction of sp³-hybridized carbons (Fsp3) is 0.250. The molecule has 0 amide bonds. The highest BCUT2D eigenvalue weighted by molar-refractivity contribution is 5.77. The highest BCUT2D eigenvalue weighted by atomic mass is 16.7. The Morgan fingerprint density at radius 3 is 1.42 bits per heavy atom. The van der Waals surface area contributed by atoms with E-state index in [1.807, 2.05) is 0 Å². The molecule has 0 heterocycles. The van der Waals surface area contributed by atoms with E-state index in [0.717, 1.165) is 0 Å². The quantitative estimate of drug-likeness (QED) is 0.117. The van der Waals surface area contributed by atoms with E-state index >= 15 is 0 Å². The summed E-state index contributed by atoms with van der Waals surface area (Å²) >= 11 is 0. The summed E-state index contributed by atoms with van der Waals surface area (Å²) in [6, 6.07) is 18.5. The van der Waals surface area contributed by atoms with Crippen molar-refractivity contribution in [2.24, 2.45) is 0 Å². The van der Waals surface area contributed by atoms with Gasteiger partial charge in [-0.2, -0.15) is 0 Å². The van der Waals surface area contributed by atoms with Crippen LogP contribution in [0.4, 0.5) is 4.79 Å². The molecule has 13 heteroatoms. The third-order valence-electron chi connectivity index (χ3n) is 5.53. The Morgan fingerprint density at radius 2 is 0.911 bits per heavy atom. The van der Waals surface area contributed by atoms with Crippen LogP contribution in [0.15, 0.2) is 72.8 Å². The fourth-order valence-corrected chi connectivity index (χ4v) is 3.75. The standard InChI is InChI=1S/C32H30O13/c1-20(33)41-26-12-6-4-10-23(26)16-30(36)39-18-25(44-31(37)17-24-11-5-7-13-27(24)42-21(2)34)19-40-32(38)45-29-15-9-8-14-28(29)43-22(3)35/h4-15,25H,16-19H2,1-3H3. The SMILES string of the molecule is CC(=O)Oc1ccccc1CC(=O)OCC(COC(=O)Oc1ccccc1OC(C)=O)OC(=O)Cc1ccccc1OC(C)=O. The Labute approximate surface area is 257 Å². The molecule has 3 rings (SSSR count). The van der Waals surface area contributed by atoms with E-state index in [-0.39, 0.29) is 35.8 Å². The fourth-order valence-electron chi connectivity index (χ4n) is 3.75. The van der Waals surface area contributed by atoms with Crippen LogP contribution < -0.4 is 18.9 Å². The molecule has 0 saturated carbocycles. The first-order valence-corrected chi connectivity index (χ1v) is 13.5. The number of rotatable bonds is 13. The second kappa shape index (κ2) is 16.8. The number of carbonyl (C=O) groups is 6. The molecule has 0 aliphatic rings. The van der Waals surface area contributed by atoms with E-state index in [1.54, 1.807) is 42.5 Å². The van der Waals surface area contributed by atoms with Gasteiger partial charge in [-0.25, -0.2) is 4.79 Å². The van der Waals surface area contributed by atoms with E-state index in [4.69, 9.17) is 33.2 Å². The summed E-state index contributed by atoms with van der Waals surface area (Å²) in [4.78, 5) is 72.2. The first-order chi connectivity index (χ1) is 21.5. The maximum Gasteiger partial charge on any atom is 0.514 e. The average Bonchev–Trinajstić information content (AvgIpc) is 2.97. The van der Waals surface area contributed by atoms with Gasteiger partial charge in [0, 0.05) is 31.9 Å². The van der Waals surface area contributed by atoms with Gasteiger partial charge in [-0.05, 0) is 24.3 Å². The second-order valence-electron chi connectivity index (χ2n) is 9.25. The topological polar surface area (TPSA) is 167 Å². The molecule has 0 spiro atoms. The molecule has 0 aliphatic heterocycles. The average molecular weight is 623 g/mol. The summed E-state index contributed by atoms with van der Waals surface area (Å²) in [6.45, 7) is 2.49. The number of hydrogen-bond donors (Lipinski definition) is 0. The smallest absolute Gasteiger partial charge is 0.461 e. The van der Waals surface area contributed by atoms with E-state index in [0.29, 0.717) is 11.1 Å². The molecule has 0 radical (unpaired) electrons. The molecule has 3 aromatic carbocycles. The Balaban J connectivity index is 1.68. The Kier molecular flexibility index (Phi) is 12.6. The van der Waals surface area contributed by atoms with Gasteiger partial charge in [0.2, 0.25) is 0 Å². The molecule has 1 atom stereocenters. The van der Waals surface area contributed by atoms with Gasteiger partial charge in [0.25, 0.3) is 0 Å².